The highest BCUT2D eigenvalue weighted by molar-refractivity contribution is 6.23. The predicted molar refractivity (Wildman–Crippen MR) is 241 cm³/mol. The molecule has 6 heterocycles. The van der Waals surface area contributed by atoms with Crippen LogP contribution in [0.4, 0.5) is 5.69 Å². The zero-order valence-electron chi connectivity index (χ0n) is 32.4. The first kappa shape index (κ1) is 34.4. The first-order valence-corrected chi connectivity index (χ1v) is 20.6. The zero-order valence-corrected chi connectivity index (χ0v) is 32.4. The molecule has 2 aliphatic carbocycles. The number of carbonyl (C=O) groups excluding carboxylic acids is 2. The van der Waals surface area contributed by atoms with E-state index in [1.807, 2.05) is 42.5 Å². The van der Waals surface area contributed by atoms with E-state index >= 15 is 0 Å². The number of fused-ring (bicyclic) bond motifs is 13. The van der Waals surface area contributed by atoms with Crippen LogP contribution < -0.4 is 4.90 Å². The standard InChI is InChI=1S/C53H37N5O2/c59-52-50-35-16-17-36(30-35)51(50)53(60)58(52)37-20-18-34(19-21-37)49-44-28-26-42(56-44)47(32-12-6-2-7-13-32)40-24-22-38(54-40)46(31-10-4-1-5-11-31)39-23-25-41(55-39)48(33-14-8-3-9-15-33)43-27-29-45(49)57-43/h1-29,35-36,50-51,54,57H,30H2/t35-,36+,50+,51-. The predicted octanol–water partition coefficient (Wildman–Crippen LogP) is 11.6. The number of benzene rings is 4. The van der Waals surface area contributed by atoms with Crippen molar-refractivity contribution < 1.29 is 9.59 Å². The number of aromatic nitrogens is 4. The maximum Gasteiger partial charge on any atom is 0.238 e. The quantitative estimate of drug-likeness (QED) is 0.134. The molecule has 7 aromatic rings. The van der Waals surface area contributed by atoms with Crippen molar-refractivity contribution in [3.05, 3.63) is 174 Å². The lowest BCUT2D eigenvalue weighted by atomic mass is 9.85. The van der Waals surface area contributed by atoms with Crippen LogP contribution in [-0.4, -0.2) is 31.8 Å². The highest BCUT2D eigenvalue weighted by Gasteiger charge is 2.59. The smallest absolute Gasteiger partial charge is 0.238 e. The van der Waals surface area contributed by atoms with E-state index in [0.29, 0.717) is 5.69 Å². The molecule has 286 valence electrons. The van der Waals surface area contributed by atoms with E-state index in [0.717, 1.165) is 95.8 Å². The first-order chi connectivity index (χ1) is 29.6. The summed E-state index contributed by atoms with van der Waals surface area (Å²) in [6, 6.07) is 47.5. The second kappa shape index (κ2) is 13.5. The molecule has 10 bridgehead atoms. The molecule has 0 unspecified atom stereocenters. The number of rotatable bonds is 5. The van der Waals surface area contributed by atoms with E-state index in [1.54, 1.807) is 0 Å². The van der Waals surface area contributed by atoms with Crippen molar-refractivity contribution in [1.29, 1.82) is 0 Å². The number of hydrogen-bond acceptors (Lipinski definition) is 4. The van der Waals surface area contributed by atoms with Gasteiger partial charge in [-0.05, 0) is 101 Å². The number of hydrogen-bond donors (Lipinski definition) is 2. The van der Waals surface area contributed by atoms with Gasteiger partial charge in [-0.2, -0.15) is 0 Å². The SMILES string of the molecule is O=C1[C@@H]2[C@H](C(=O)N1c1ccc(-c3c4nc(c(-c5ccccc5)c5ccc([nH]5)c(-c5ccccc5)c5nc(c(-c6ccccc6)c6ccc3[nH]6)C=C5)C=C4)cc1)[C@H]1C=C[C@@H]2C1. The fraction of sp³-hybridized carbons (Fsp3) is 0.0943. The maximum absolute atomic E-state index is 13.8. The second-order valence-electron chi connectivity index (χ2n) is 16.2. The number of allylic oxidation sites excluding steroid dienone is 2. The Kier molecular flexibility index (Phi) is 7.72. The molecule has 4 aromatic carbocycles. The molecule has 0 radical (unpaired) electrons. The monoisotopic (exact) mass is 775 g/mol. The summed E-state index contributed by atoms with van der Waals surface area (Å²) < 4.78 is 0. The van der Waals surface area contributed by atoms with Crippen LogP contribution in [0.25, 0.3) is 90.9 Å². The van der Waals surface area contributed by atoms with Crippen molar-refractivity contribution in [2.45, 2.75) is 6.42 Å². The summed E-state index contributed by atoms with van der Waals surface area (Å²) in [5, 5.41) is 0. The zero-order chi connectivity index (χ0) is 39.9. The van der Waals surface area contributed by atoms with E-state index in [1.165, 1.54) is 4.90 Å². The van der Waals surface area contributed by atoms with Gasteiger partial charge < -0.3 is 9.97 Å². The Morgan fingerprint density at radius 1 is 0.417 bits per heavy atom. The lowest BCUT2D eigenvalue weighted by Crippen LogP contribution is -2.32. The van der Waals surface area contributed by atoms with Crippen LogP contribution in [-0.2, 0) is 9.59 Å². The Morgan fingerprint density at radius 2 is 0.750 bits per heavy atom. The molecule has 12 rings (SSSR count). The lowest BCUT2D eigenvalue weighted by molar-refractivity contribution is -0.123. The Morgan fingerprint density at radius 3 is 1.10 bits per heavy atom. The average molecular weight is 776 g/mol. The Balaban J connectivity index is 1.13. The summed E-state index contributed by atoms with van der Waals surface area (Å²) >= 11 is 0. The van der Waals surface area contributed by atoms with Gasteiger partial charge in [0.25, 0.3) is 0 Å². The lowest BCUT2D eigenvalue weighted by Gasteiger charge is -2.17. The van der Waals surface area contributed by atoms with Crippen LogP contribution in [0.1, 0.15) is 29.2 Å². The molecule has 5 aliphatic rings. The molecule has 7 nitrogen and oxygen atoms in total. The van der Waals surface area contributed by atoms with Crippen molar-refractivity contribution in [2.75, 3.05) is 4.90 Å². The van der Waals surface area contributed by atoms with Crippen LogP contribution >= 0.6 is 0 Å². The second-order valence-corrected chi connectivity index (χ2v) is 16.2. The fourth-order valence-corrected chi connectivity index (χ4v) is 10.2. The summed E-state index contributed by atoms with van der Waals surface area (Å²) in [5.74, 6) is -0.364. The van der Waals surface area contributed by atoms with E-state index in [-0.39, 0.29) is 35.5 Å². The number of imide groups is 1. The third kappa shape index (κ3) is 5.36. The molecule has 60 heavy (non-hydrogen) atoms. The Hall–Kier alpha value is -7.64. The molecule has 1 saturated carbocycles. The molecule has 4 atom stereocenters. The van der Waals surface area contributed by atoms with Gasteiger partial charge in [-0.1, -0.05) is 115 Å². The molecule has 0 spiro atoms. The van der Waals surface area contributed by atoms with Crippen LogP contribution in [0.2, 0.25) is 0 Å². The largest absolute Gasteiger partial charge is 0.354 e. The molecular weight excluding hydrogens is 739 g/mol. The molecule has 3 aromatic heterocycles. The molecule has 2 fully saturated rings. The van der Waals surface area contributed by atoms with Gasteiger partial charge in [0, 0.05) is 44.3 Å². The van der Waals surface area contributed by atoms with Crippen molar-refractivity contribution >= 4 is 63.9 Å². The summed E-state index contributed by atoms with van der Waals surface area (Å²) in [5.41, 5.74) is 15.5. The third-order valence-corrected chi connectivity index (χ3v) is 12.8. The molecule has 2 amide bonds. The number of amides is 2. The van der Waals surface area contributed by atoms with Crippen LogP contribution in [0.15, 0.2) is 152 Å². The Labute approximate surface area is 346 Å². The van der Waals surface area contributed by atoms with Crippen molar-refractivity contribution in [2.24, 2.45) is 23.7 Å². The van der Waals surface area contributed by atoms with Gasteiger partial charge in [0.05, 0.1) is 40.3 Å². The molecule has 3 aliphatic heterocycles. The number of H-pyrrole nitrogens is 2. The van der Waals surface area contributed by atoms with Crippen molar-refractivity contribution in [1.82, 2.24) is 19.9 Å². The minimum atomic E-state index is -0.254. The number of nitrogens with zero attached hydrogens (tertiary/aromatic N) is 3. The first-order valence-electron chi connectivity index (χ1n) is 20.6. The summed E-state index contributed by atoms with van der Waals surface area (Å²) in [6.07, 6.45) is 13.5. The number of nitrogens with one attached hydrogen (secondary N) is 2. The van der Waals surface area contributed by atoms with E-state index in [2.05, 4.69) is 143 Å². The van der Waals surface area contributed by atoms with Crippen LogP contribution in [0.5, 0.6) is 0 Å². The van der Waals surface area contributed by atoms with E-state index < -0.39 is 0 Å². The van der Waals surface area contributed by atoms with E-state index in [9.17, 15) is 9.59 Å². The average Bonchev–Trinajstić information content (AvgIpc) is 4.16. The van der Waals surface area contributed by atoms with Crippen molar-refractivity contribution in [3.8, 4) is 44.5 Å². The van der Waals surface area contributed by atoms with Gasteiger partial charge in [-0.3, -0.25) is 14.5 Å². The van der Waals surface area contributed by atoms with Gasteiger partial charge in [-0.25, -0.2) is 9.97 Å². The van der Waals surface area contributed by atoms with Gasteiger partial charge in [-0.15, -0.1) is 0 Å². The summed E-state index contributed by atoms with van der Waals surface area (Å²) in [7, 11) is 0. The van der Waals surface area contributed by atoms with E-state index in [4.69, 9.17) is 9.97 Å². The third-order valence-electron chi connectivity index (χ3n) is 12.8. The van der Waals surface area contributed by atoms with Crippen LogP contribution in [0, 0.1) is 23.7 Å². The molecule has 2 N–H and O–H groups in total. The van der Waals surface area contributed by atoms with Gasteiger partial charge in [0.2, 0.25) is 11.8 Å². The molecule has 1 saturated heterocycles. The Bertz CT molecular complexity index is 3110. The topological polar surface area (TPSA) is 94.7 Å². The van der Waals surface area contributed by atoms with Gasteiger partial charge >= 0.3 is 0 Å². The normalized spacial score (nSPS) is 19.8. The molecular formula is C53H37N5O2. The van der Waals surface area contributed by atoms with Crippen LogP contribution in [0.3, 0.4) is 0 Å². The minimum Gasteiger partial charge on any atom is -0.354 e. The highest BCUT2D eigenvalue weighted by Crippen LogP contribution is 2.53. The minimum absolute atomic E-state index is 0.0819. The fourth-order valence-electron chi connectivity index (χ4n) is 10.2. The summed E-state index contributed by atoms with van der Waals surface area (Å²) in [4.78, 5) is 47.3. The van der Waals surface area contributed by atoms with Gasteiger partial charge in [0.15, 0.2) is 0 Å². The molecule has 7 heteroatoms. The number of anilines is 1. The highest BCUT2D eigenvalue weighted by atomic mass is 16.2. The van der Waals surface area contributed by atoms with Gasteiger partial charge in [0.1, 0.15) is 0 Å². The number of carbonyl (C=O) groups is 2. The summed E-state index contributed by atoms with van der Waals surface area (Å²) in [6.45, 7) is 0. The van der Waals surface area contributed by atoms with Crippen molar-refractivity contribution in [3.63, 3.8) is 0 Å². The maximum atomic E-state index is 13.8. The number of aromatic amines is 2.